The number of nitrogens with zero attached hydrogens (tertiary/aromatic N) is 4. The average Bonchev–Trinajstić information content (AvgIpc) is 2.87. The van der Waals surface area contributed by atoms with Gasteiger partial charge >= 0.3 is 0 Å². The quantitative estimate of drug-likeness (QED) is 0.147. The Morgan fingerprint density at radius 1 is 0.500 bits per heavy atom. The van der Waals surface area contributed by atoms with E-state index < -0.39 is 10.8 Å². The summed E-state index contributed by atoms with van der Waals surface area (Å²) in [6, 6.07) is 5.40. The van der Waals surface area contributed by atoms with Crippen molar-refractivity contribution in [1.82, 2.24) is 0 Å². The van der Waals surface area contributed by atoms with Gasteiger partial charge in [0.05, 0.1) is 35.1 Å². The first-order chi connectivity index (χ1) is 16.5. The normalized spacial score (nSPS) is 14.1. The van der Waals surface area contributed by atoms with Crippen LogP contribution in [0.3, 0.4) is 0 Å². The van der Waals surface area contributed by atoms with E-state index in [0.717, 1.165) is 116 Å². The Hall–Kier alpha value is -1.42. The van der Waals surface area contributed by atoms with Crippen LogP contribution in [0.15, 0.2) is 10.2 Å². The Morgan fingerprint density at radius 2 is 0.765 bits per heavy atom. The van der Waals surface area contributed by atoms with Crippen molar-refractivity contribution in [2.75, 3.05) is 0 Å². The van der Waals surface area contributed by atoms with Crippen LogP contribution in [0.2, 0.25) is 0 Å². The van der Waals surface area contributed by atoms with Crippen LogP contribution in [-0.4, -0.2) is 12.1 Å². The van der Waals surface area contributed by atoms with Crippen molar-refractivity contribution < 1.29 is 0 Å². The molecule has 0 heterocycles. The molecule has 0 fully saturated rings. The Morgan fingerprint density at radius 3 is 0.971 bits per heavy atom. The zero-order valence-corrected chi connectivity index (χ0v) is 23.7. The molecule has 0 N–H and O–H groups in total. The van der Waals surface area contributed by atoms with E-state index in [4.69, 9.17) is 10.2 Å². The van der Waals surface area contributed by atoms with Crippen molar-refractivity contribution >= 4 is 0 Å². The highest BCUT2D eigenvalue weighted by atomic mass is 15.2. The van der Waals surface area contributed by atoms with Gasteiger partial charge in [0.25, 0.3) is 0 Å². The maximum atomic E-state index is 10.4. The van der Waals surface area contributed by atoms with Crippen molar-refractivity contribution in [1.29, 1.82) is 10.5 Å². The third kappa shape index (κ3) is 10.9. The van der Waals surface area contributed by atoms with Gasteiger partial charge in [-0.25, -0.2) is 0 Å². The van der Waals surface area contributed by atoms with E-state index in [1.54, 1.807) is 0 Å². The highest BCUT2D eigenvalue weighted by molar-refractivity contribution is 5.08. The van der Waals surface area contributed by atoms with E-state index in [1.165, 1.54) is 0 Å². The molecule has 0 aromatic rings. The first-order valence-corrected chi connectivity index (χ1v) is 14.7. The molecule has 0 bridgehead atoms. The van der Waals surface area contributed by atoms with Gasteiger partial charge in [-0.15, -0.1) is 0 Å². The molecular formula is C30H56N4. The molecule has 2 atom stereocenters. The smallest absolute Gasteiger partial charge is 0.0894 e. The molecule has 2 unspecified atom stereocenters. The minimum atomic E-state index is -0.428. The molecule has 0 saturated heterocycles. The number of hydrogen-bond donors (Lipinski definition) is 0. The zero-order valence-electron chi connectivity index (χ0n) is 23.7. The van der Waals surface area contributed by atoms with Crippen LogP contribution in [0, 0.1) is 33.5 Å². The first kappa shape index (κ1) is 32.6. The standard InChI is InChI=1S/C30H56N4/c1-7-13-19-27(29(25-31,21-15-9-3)22-16-10-4)33-34-28(20-14-8-2)30(26-32,23-17-11-5)24-18-12-6/h27-28H,7-24H2,1-6H3. The SMILES string of the molecule is CCCCC(N=NC(CCCC)C(C#N)(CCCC)CCCC)C(C#N)(CCCC)CCCC. The molecule has 0 amide bonds. The highest BCUT2D eigenvalue weighted by Crippen LogP contribution is 2.42. The summed E-state index contributed by atoms with van der Waals surface area (Å²) in [5.41, 5.74) is -0.857. The molecule has 0 aromatic carbocycles. The van der Waals surface area contributed by atoms with Gasteiger partial charge in [-0.05, 0) is 38.5 Å². The molecule has 0 aliphatic rings. The summed E-state index contributed by atoms with van der Waals surface area (Å²) < 4.78 is 0. The Labute approximate surface area is 213 Å². The van der Waals surface area contributed by atoms with Crippen LogP contribution in [0.1, 0.15) is 157 Å². The molecule has 0 radical (unpaired) electrons. The predicted molar refractivity (Wildman–Crippen MR) is 146 cm³/mol. The summed E-state index contributed by atoms with van der Waals surface area (Å²) >= 11 is 0. The number of hydrogen-bond acceptors (Lipinski definition) is 4. The lowest BCUT2D eigenvalue weighted by molar-refractivity contribution is 0.209. The maximum Gasteiger partial charge on any atom is 0.0894 e. The Kier molecular flexibility index (Phi) is 19.0. The third-order valence-corrected chi connectivity index (χ3v) is 7.63. The van der Waals surface area contributed by atoms with E-state index in [2.05, 4.69) is 53.7 Å². The lowest BCUT2D eigenvalue weighted by atomic mass is 9.71. The second kappa shape index (κ2) is 19.8. The molecule has 4 nitrogen and oxygen atoms in total. The minimum absolute atomic E-state index is 0.0616. The summed E-state index contributed by atoms with van der Waals surface area (Å²) in [6.07, 6.45) is 18.4. The van der Waals surface area contributed by atoms with E-state index in [-0.39, 0.29) is 12.1 Å². The summed E-state index contributed by atoms with van der Waals surface area (Å²) in [4.78, 5) is 0. The van der Waals surface area contributed by atoms with Crippen LogP contribution < -0.4 is 0 Å². The lowest BCUT2D eigenvalue weighted by Crippen LogP contribution is -2.35. The first-order valence-electron chi connectivity index (χ1n) is 14.7. The van der Waals surface area contributed by atoms with Crippen molar-refractivity contribution in [2.45, 2.75) is 169 Å². The van der Waals surface area contributed by atoms with E-state index in [9.17, 15) is 10.5 Å². The van der Waals surface area contributed by atoms with Gasteiger partial charge in [0.1, 0.15) is 0 Å². The molecule has 0 saturated carbocycles. The number of nitriles is 2. The Balaban J connectivity index is 6.31. The lowest BCUT2D eigenvalue weighted by Gasteiger charge is -2.35. The zero-order chi connectivity index (χ0) is 25.7. The van der Waals surface area contributed by atoms with Crippen LogP contribution >= 0.6 is 0 Å². The van der Waals surface area contributed by atoms with Crippen molar-refractivity contribution in [2.24, 2.45) is 21.1 Å². The summed E-state index contributed by atoms with van der Waals surface area (Å²) in [5, 5.41) is 31.0. The molecule has 196 valence electrons. The van der Waals surface area contributed by atoms with Crippen LogP contribution in [-0.2, 0) is 0 Å². The second-order valence-electron chi connectivity index (χ2n) is 10.5. The highest BCUT2D eigenvalue weighted by Gasteiger charge is 2.41. The molecule has 0 aromatic heterocycles. The van der Waals surface area contributed by atoms with Gasteiger partial charge in [0, 0.05) is 0 Å². The number of rotatable bonds is 22. The summed E-state index contributed by atoms with van der Waals surface area (Å²) in [5.74, 6) is 0. The van der Waals surface area contributed by atoms with Gasteiger partial charge in [0.2, 0.25) is 0 Å². The fourth-order valence-electron chi connectivity index (χ4n) is 5.10. The molecule has 0 spiro atoms. The molecule has 0 aliphatic heterocycles. The minimum Gasteiger partial charge on any atom is -0.198 e. The largest absolute Gasteiger partial charge is 0.198 e. The topological polar surface area (TPSA) is 72.3 Å². The summed E-state index contributed by atoms with van der Waals surface area (Å²) in [6.45, 7) is 13.2. The second-order valence-corrected chi connectivity index (χ2v) is 10.5. The van der Waals surface area contributed by atoms with Crippen LogP contribution in [0.25, 0.3) is 0 Å². The van der Waals surface area contributed by atoms with Crippen molar-refractivity contribution in [3.8, 4) is 12.1 Å². The van der Waals surface area contributed by atoms with E-state index >= 15 is 0 Å². The van der Waals surface area contributed by atoms with E-state index in [1.807, 2.05) is 0 Å². The third-order valence-electron chi connectivity index (χ3n) is 7.63. The van der Waals surface area contributed by atoms with Gasteiger partial charge in [-0.1, -0.05) is 119 Å². The van der Waals surface area contributed by atoms with Crippen LogP contribution in [0.5, 0.6) is 0 Å². The maximum absolute atomic E-state index is 10.4. The molecule has 4 heteroatoms. The Bertz CT molecular complexity index is 530. The monoisotopic (exact) mass is 472 g/mol. The number of azo groups is 1. The molecule has 0 aliphatic carbocycles. The molecule has 0 rings (SSSR count). The average molecular weight is 473 g/mol. The van der Waals surface area contributed by atoms with E-state index in [0.29, 0.717) is 0 Å². The van der Waals surface area contributed by atoms with Crippen LogP contribution in [0.4, 0.5) is 0 Å². The van der Waals surface area contributed by atoms with Gasteiger partial charge in [0.15, 0.2) is 0 Å². The predicted octanol–water partition coefficient (Wildman–Crippen LogP) is 10.3. The fourth-order valence-corrected chi connectivity index (χ4v) is 5.10. The molecular weight excluding hydrogens is 416 g/mol. The van der Waals surface area contributed by atoms with Crippen molar-refractivity contribution in [3.63, 3.8) is 0 Å². The number of unbranched alkanes of at least 4 members (excludes halogenated alkanes) is 6. The van der Waals surface area contributed by atoms with Crippen molar-refractivity contribution in [3.05, 3.63) is 0 Å². The molecule has 34 heavy (non-hydrogen) atoms. The fraction of sp³-hybridized carbons (Fsp3) is 0.933. The van der Waals surface area contributed by atoms with Gasteiger partial charge < -0.3 is 0 Å². The van der Waals surface area contributed by atoms with Gasteiger partial charge in [-0.3, -0.25) is 0 Å². The van der Waals surface area contributed by atoms with Gasteiger partial charge in [-0.2, -0.15) is 20.8 Å². The summed E-state index contributed by atoms with van der Waals surface area (Å²) in [7, 11) is 0.